The summed E-state index contributed by atoms with van der Waals surface area (Å²) in [6.45, 7) is 0.312. The molecule has 0 aliphatic heterocycles. The van der Waals surface area contributed by atoms with Crippen LogP contribution in [-0.4, -0.2) is 8.42 Å². The van der Waals surface area contributed by atoms with Gasteiger partial charge in [0.05, 0.1) is 9.92 Å². The van der Waals surface area contributed by atoms with Gasteiger partial charge in [-0.25, -0.2) is 12.8 Å². The molecule has 106 valence electrons. The molecule has 0 atom stereocenters. The molecular formula is C13H12ClFN2O2S. The van der Waals surface area contributed by atoms with Gasteiger partial charge >= 0.3 is 0 Å². The maximum Gasteiger partial charge on any atom is 0.262 e. The molecule has 0 unspecified atom stereocenters. The van der Waals surface area contributed by atoms with E-state index in [-0.39, 0.29) is 15.6 Å². The first-order chi connectivity index (χ1) is 9.44. The number of hydrogen-bond acceptors (Lipinski definition) is 3. The van der Waals surface area contributed by atoms with Gasteiger partial charge in [-0.3, -0.25) is 4.72 Å². The monoisotopic (exact) mass is 314 g/mol. The Kier molecular flexibility index (Phi) is 4.27. The Labute approximate surface area is 121 Å². The molecule has 0 heterocycles. The molecule has 0 radical (unpaired) electrons. The SMILES string of the molecule is NCc1ccc(S(=O)(=O)Nc2c(F)cccc2Cl)cc1. The highest BCUT2D eigenvalue weighted by Crippen LogP contribution is 2.27. The van der Waals surface area contributed by atoms with E-state index in [1.807, 2.05) is 0 Å². The molecule has 2 rings (SSSR count). The molecule has 0 aliphatic rings. The van der Waals surface area contributed by atoms with Crippen molar-refractivity contribution in [2.45, 2.75) is 11.4 Å². The van der Waals surface area contributed by atoms with Crippen molar-refractivity contribution < 1.29 is 12.8 Å². The lowest BCUT2D eigenvalue weighted by Crippen LogP contribution is -2.14. The van der Waals surface area contributed by atoms with E-state index in [4.69, 9.17) is 17.3 Å². The molecule has 7 heteroatoms. The Bertz CT molecular complexity index is 697. The average Bonchev–Trinajstić information content (AvgIpc) is 2.43. The maximum absolute atomic E-state index is 13.6. The van der Waals surface area contributed by atoms with Crippen LogP contribution in [0.3, 0.4) is 0 Å². The molecule has 0 saturated carbocycles. The normalized spacial score (nSPS) is 11.3. The predicted molar refractivity (Wildman–Crippen MR) is 76.6 cm³/mol. The number of sulfonamides is 1. The molecule has 0 aromatic heterocycles. The summed E-state index contributed by atoms with van der Waals surface area (Å²) >= 11 is 5.79. The minimum absolute atomic E-state index is 0.00727. The van der Waals surface area contributed by atoms with Crippen LogP contribution in [-0.2, 0) is 16.6 Å². The first kappa shape index (κ1) is 14.8. The van der Waals surface area contributed by atoms with Gasteiger partial charge in [-0.15, -0.1) is 0 Å². The van der Waals surface area contributed by atoms with E-state index >= 15 is 0 Å². The number of para-hydroxylation sites is 1. The van der Waals surface area contributed by atoms with E-state index in [9.17, 15) is 12.8 Å². The summed E-state index contributed by atoms with van der Waals surface area (Å²) in [4.78, 5) is 0.00835. The van der Waals surface area contributed by atoms with E-state index in [0.717, 1.165) is 11.6 Å². The standard InChI is InChI=1S/C13H12ClFN2O2S/c14-11-2-1-3-12(15)13(11)17-20(18,19)10-6-4-9(8-16)5-7-10/h1-7,17H,8,16H2. The van der Waals surface area contributed by atoms with Crippen molar-refractivity contribution in [2.75, 3.05) is 4.72 Å². The largest absolute Gasteiger partial charge is 0.326 e. The molecule has 3 N–H and O–H groups in total. The third-order valence-electron chi connectivity index (χ3n) is 2.67. The third-order valence-corrected chi connectivity index (χ3v) is 4.35. The van der Waals surface area contributed by atoms with Gasteiger partial charge in [-0.05, 0) is 29.8 Å². The Morgan fingerprint density at radius 2 is 1.80 bits per heavy atom. The van der Waals surface area contributed by atoms with E-state index in [1.165, 1.54) is 24.3 Å². The Morgan fingerprint density at radius 1 is 1.15 bits per heavy atom. The summed E-state index contributed by atoms with van der Waals surface area (Å²) in [7, 11) is -3.90. The minimum Gasteiger partial charge on any atom is -0.326 e. The molecule has 0 amide bonds. The number of hydrogen-bond donors (Lipinski definition) is 2. The van der Waals surface area contributed by atoms with Gasteiger partial charge < -0.3 is 5.73 Å². The van der Waals surface area contributed by atoms with E-state index in [1.54, 1.807) is 12.1 Å². The molecule has 0 saturated heterocycles. The van der Waals surface area contributed by atoms with E-state index in [0.29, 0.717) is 6.54 Å². The minimum atomic E-state index is -3.90. The van der Waals surface area contributed by atoms with Crippen molar-refractivity contribution in [3.63, 3.8) is 0 Å². The number of rotatable bonds is 4. The summed E-state index contributed by atoms with van der Waals surface area (Å²) in [5.74, 6) is -0.736. The van der Waals surface area contributed by atoms with E-state index in [2.05, 4.69) is 4.72 Å². The highest BCUT2D eigenvalue weighted by atomic mass is 35.5. The highest BCUT2D eigenvalue weighted by molar-refractivity contribution is 7.92. The summed E-state index contributed by atoms with van der Waals surface area (Å²) in [5, 5.41) is -0.00727. The number of halogens is 2. The summed E-state index contributed by atoms with van der Waals surface area (Å²) < 4.78 is 40.0. The van der Waals surface area contributed by atoms with Crippen LogP contribution in [0.2, 0.25) is 5.02 Å². The summed E-state index contributed by atoms with van der Waals surface area (Å²) in [5.41, 5.74) is 5.97. The zero-order valence-corrected chi connectivity index (χ0v) is 11.9. The molecule has 2 aromatic rings. The Hall–Kier alpha value is -1.63. The van der Waals surface area contributed by atoms with Gasteiger partial charge in [-0.2, -0.15) is 0 Å². The predicted octanol–water partition coefficient (Wildman–Crippen LogP) is 2.74. The molecule has 0 fully saturated rings. The second kappa shape index (κ2) is 5.78. The fourth-order valence-electron chi connectivity index (χ4n) is 1.59. The zero-order chi connectivity index (χ0) is 14.8. The molecule has 0 aliphatic carbocycles. The Balaban J connectivity index is 2.35. The van der Waals surface area contributed by atoms with Crippen LogP contribution >= 0.6 is 11.6 Å². The quantitative estimate of drug-likeness (QED) is 0.911. The Morgan fingerprint density at radius 3 is 2.35 bits per heavy atom. The van der Waals surface area contributed by atoms with Crippen LogP contribution < -0.4 is 10.5 Å². The maximum atomic E-state index is 13.6. The van der Waals surface area contributed by atoms with Crippen LogP contribution in [0.1, 0.15) is 5.56 Å². The van der Waals surface area contributed by atoms with Gasteiger partial charge in [0.2, 0.25) is 0 Å². The first-order valence-electron chi connectivity index (χ1n) is 5.70. The summed E-state index contributed by atoms with van der Waals surface area (Å²) in [6.07, 6.45) is 0. The van der Waals surface area contributed by atoms with E-state index < -0.39 is 15.8 Å². The van der Waals surface area contributed by atoms with Crippen LogP contribution in [0.25, 0.3) is 0 Å². The fraction of sp³-hybridized carbons (Fsp3) is 0.0769. The van der Waals surface area contributed by atoms with Crippen LogP contribution in [0.5, 0.6) is 0 Å². The van der Waals surface area contributed by atoms with Crippen molar-refractivity contribution in [1.29, 1.82) is 0 Å². The van der Waals surface area contributed by atoms with Crippen molar-refractivity contribution >= 4 is 27.3 Å². The number of nitrogens with two attached hydrogens (primary N) is 1. The molecule has 0 bridgehead atoms. The van der Waals surface area contributed by atoms with Gasteiger partial charge in [0.25, 0.3) is 10.0 Å². The smallest absolute Gasteiger partial charge is 0.262 e. The lowest BCUT2D eigenvalue weighted by atomic mass is 10.2. The molecular weight excluding hydrogens is 303 g/mol. The second-order valence-electron chi connectivity index (χ2n) is 4.05. The van der Waals surface area contributed by atoms with Crippen LogP contribution in [0, 0.1) is 5.82 Å². The summed E-state index contributed by atoms with van der Waals surface area (Å²) in [6, 6.07) is 9.92. The lowest BCUT2D eigenvalue weighted by Gasteiger charge is -2.10. The lowest BCUT2D eigenvalue weighted by molar-refractivity contribution is 0.598. The number of nitrogens with one attached hydrogen (secondary N) is 1. The third kappa shape index (κ3) is 3.09. The second-order valence-corrected chi connectivity index (χ2v) is 6.14. The fourth-order valence-corrected chi connectivity index (χ4v) is 2.95. The molecule has 2 aromatic carbocycles. The molecule has 0 spiro atoms. The van der Waals surface area contributed by atoms with Gasteiger partial charge in [0.1, 0.15) is 11.5 Å². The van der Waals surface area contributed by atoms with Crippen molar-refractivity contribution in [1.82, 2.24) is 0 Å². The number of anilines is 1. The van der Waals surface area contributed by atoms with Crippen molar-refractivity contribution in [3.05, 3.63) is 58.9 Å². The topological polar surface area (TPSA) is 72.2 Å². The van der Waals surface area contributed by atoms with Crippen LogP contribution in [0.15, 0.2) is 47.4 Å². The molecule has 4 nitrogen and oxygen atoms in total. The highest BCUT2D eigenvalue weighted by Gasteiger charge is 2.18. The van der Waals surface area contributed by atoms with Crippen molar-refractivity contribution in [3.8, 4) is 0 Å². The molecule has 20 heavy (non-hydrogen) atoms. The zero-order valence-electron chi connectivity index (χ0n) is 10.3. The van der Waals surface area contributed by atoms with Gasteiger partial charge in [-0.1, -0.05) is 29.8 Å². The van der Waals surface area contributed by atoms with Crippen LogP contribution in [0.4, 0.5) is 10.1 Å². The average molecular weight is 315 g/mol. The van der Waals surface area contributed by atoms with Gasteiger partial charge in [0, 0.05) is 6.54 Å². The number of benzene rings is 2. The van der Waals surface area contributed by atoms with Gasteiger partial charge in [0.15, 0.2) is 0 Å². The first-order valence-corrected chi connectivity index (χ1v) is 7.56. The van der Waals surface area contributed by atoms with Crippen molar-refractivity contribution in [2.24, 2.45) is 5.73 Å².